The summed E-state index contributed by atoms with van der Waals surface area (Å²) in [4.78, 5) is 62.2. The minimum Gasteiger partial charge on any atom is -0.481 e. The maximum atomic E-state index is 13.1. The number of carboxylic acid groups (broad SMARTS) is 1. The van der Waals surface area contributed by atoms with Crippen molar-refractivity contribution < 1.29 is 29.1 Å². The van der Waals surface area contributed by atoms with Crippen molar-refractivity contribution in [2.75, 3.05) is 25.4 Å². The van der Waals surface area contributed by atoms with Crippen LogP contribution in [0.2, 0.25) is 0 Å². The second kappa shape index (κ2) is 18.9. The minimum atomic E-state index is -1.19. The molecule has 1 rings (SSSR count). The van der Waals surface area contributed by atoms with E-state index >= 15 is 0 Å². The third-order valence-corrected chi connectivity index (χ3v) is 6.62. The topological polar surface area (TPSA) is 192 Å². The molecule has 0 spiro atoms. The predicted molar refractivity (Wildman–Crippen MR) is 169 cm³/mol. The Morgan fingerprint density at radius 3 is 2.19 bits per heavy atom. The van der Waals surface area contributed by atoms with Gasteiger partial charge in [-0.15, -0.1) is 0 Å². The molecule has 0 aliphatic carbocycles. The number of amides is 4. The molecule has 4 amide bonds. The van der Waals surface area contributed by atoms with E-state index in [1.165, 1.54) is 0 Å². The van der Waals surface area contributed by atoms with Crippen molar-refractivity contribution in [1.82, 2.24) is 26.6 Å². The van der Waals surface area contributed by atoms with Gasteiger partial charge in [0.05, 0.1) is 19.0 Å². The Balaban J connectivity index is 2.72. The first-order chi connectivity index (χ1) is 20.1. The monoisotopic (exact) mass is 620 g/mol. The fourth-order valence-corrected chi connectivity index (χ4v) is 4.75. The van der Waals surface area contributed by atoms with E-state index in [2.05, 4.69) is 59.6 Å². The van der Waals surface area contributed by atoms with Gasteiger partial charge in [-0.1, -0.05) is 64.6 Å². The van der Waals surface area contributed by atoms with Gasteiger partial charge < -0.3 is 37.4 Å². The van der Waals surface area contributed by atoms with Crippen LogP contribution in [0.3, 0.4) is 0 Å². The van der Waals surface area contributed by atoms with Crippen molar-refractivity contribution in [3.8, 4) is 0 Å². The first-order valence-electron chi connectivity index (χ1n) is 14.3. The standard InChI is InChI=1S/C30H48N6O6S/c1-19(2)15-30(4,5)16-25(37)35-24(13-21-9-7-6-8-10-21)29(42)34-18-26(38)33-17-22(31)28(41)36-23(14-27(39)40)20(3)32-11-12-43/h6-10,19,22-24,32,43H,3,11-18,31H2,1-2,4-5H3,(H,33,38)(H,34,42)(H,35,37)(H,36,41)(H,39,40). The van der Waals surface area contributed by atoms with E-state index in [9.17, 15) is 24.0 Å². The van der Waals surface area contributed by atoms with Crippen LogP contribution in [0.4, 0.5) is 0 Å². The zero-order valence-electron chi connectivity index (χ0n) is 25.6. The minimum absolute atomic E-state index is 0.237. The summed E-state index contributed by atoms with van der Waals surface area (Å²) < 4.78 is 0. The van der Waals surface area contributed by atoms with Crippen molar-refractivity contribution in [3.63, 3.8) is 0 Å². The van der Waals surface area contributed by atoms with Crippen molar-refractivity contribution in [1.29, 1.82) is 0 Å². The number of carbonyl (C=O) groups excluding carboxylic acids is 4. The van der Waals surface area contributed by atoms with E-state index < -0.39 is 54.8 Å². The number of thiol groups is 1. The Morgan fingerprint density at radius 2 is 1.60 bits per heavy atom. The van der Waals surface area contributed by atoms with E-state index in [1.54, 1.807) is 0 Å². The van der Waals surface area contributed by atoms with E-state index in [1.807, 2.05) is 44.2 Å². The van der Waals surface area contributed by atoms with E-state index in [4.69, 9.17) is 10.8 Å². The van der Waals surface area contributed by atoms with Crippen LogP contribution in [0.25, 0.3) is 0 Å². The normalized spacial score (nSPS) is 13.3. The molecule has 1 aromatic rings. The summed E-state index contributed by atoms with van der Waals surface area (Å²) in [6.45, 7) is 11.7. The summed E-state index contributed by atoms with van der Waals surface area (Å²) in [5.41, 5.74) is 6.79. The fourth-order valence-electron chi connectivity index (χ4n) is 4.64. The van der Waals surface area contributed by atoms with Gasteiger partial charge in [-0.25, -0.2) is 0 Å². The smallest absolute Gasteiger partial charge is 0.305 e. The molecule has 43 heavy (non-hydrogen) atoms. The van der Waals surface area contributed by atoms with E-state index in [0.29, 0.717) is 23.9 Å². The highest BCUT2D eigenvalue weighted by Gasteiger charge is 2.28. The average molecular weight is 621 g/mol. The second-order valence-corrected chi connectivity index (χ2v) is 12.2. The SMILES string of the molecule is C=C(NCCS)C(CC(=O)O)NC(=O)C(N)CNC(=O)CNC(=O)C(Cc1ccccc1)NC(=O)CC(C)(C)CC(C)C. The van der Waals surface area contributed by atoms with Gasteiger partial charge in [0.2, 0.25) is 23.6 Å². The van der Waals surface area contributed by atoms with Crippen LogP contribution in [0.1, 0.15) is 52.5 Å². The van der Waals surface area contributed by atoms with Gasteiger partial charge in [-0.05, 0) is 23.3 Å². The molecule has 0 saturated carbocycles. The summed E-state index contributed by atoms with van der Waals surface area (Å²) in [7, 11) is 0. The van der Waals surface area contributed by atoms with Crippen molar-refractivity contribution >= 4 is 42.2 Å². The number of rotatable bonds is 20. The Hall–Kier alpha value is -3.58. The molecule has 3 atom stereocenters. The van der Waals surface area contributed by atoms with E-state index in [0.717, 1.165) is 12.0 Å². The van der Waals surface area contributed by atoms with Crippen LogP contribution in [0.15, 0.2) is 42.6 Å². The molecule has 0 aliphatic heterocycles. The summed E-state index contributed by atoms with van der Waals surface area (Å²) in [5.74, 6) is -2.32. The van der Waals surface area contributed by atoms with Crippen LogP contribution in [0, 0.1) is 11.3 Å². The summed E-state index contributed by atoms with van der Waals surface area (Å²) in [5, 5.41) is 22.4. The molecule has 0 aromatic heterocycles. The number of carboxylic acids is 1. The molecule has 0 radical (unpaired) electrons. The Kier molecular flexibility index (Phi) is 16.4. The zero-order valence-corrected chi connectivity index (χ0v) is 26.5. The Morgan fingerprint density at radius 1 is 0.953 bits per heavy atom. The number of nitrogens with one attached hydrogen (secondary N) is 5. The lowest BCUT2D eigenvalue weighted by Crippen LogP contribution is -2.54. The molecular weight excluding hydrogens is 572 g/mol. The molecule has 0 fully saturated rings. The van der Waals surface area contributed by atoms with Crippen LogP contribution < -0.4 is 32.3 Å². The van der Waals surface area contributed by atoms with Gasteiger partial charge in [-0.3, -0.25) is 24.0 Å². The van der Waals surface area contributed by atoms with Crippen LogP contribution in [0.5, 0.6) is 0 Å². The number of hydrogen-bond acceptors (Lipinski definition) is 8. The summed E-state index contributed by atoms with van der Waals surface area (Å²) >= 11 is 4.07. The molecule has 0 bridgehead atoms. The zero-order chi connectivity index (χ0) is 32.6. The molecule has 1 aromatic carbocycles. The lowest BCUT2D eigenvalue weighted by molar-refractivity contribution is -0.137. The molecule has 8 N–H and O–H groups in total. The molecule has 240 valence electrons. The third kappa shape index (κ3) is 16.0. The quantitative estimate of drug-likeness (QED) is 0.0978. The fraction of sp³-hybridized carbons (Fsp3) is 0.567. The summed E-state index contributed by atoms with van der Waals surface area (Å²) in [6.07, 6.45) is 0.917. The van der Waals surface area contributed by atoms with Gasteiger partial charge in [0.15, 0.2) is 0 Å². The van der Waals surface area contributed by atoms with Gasteiger partial charge in [-0.2, -0.15) is 12.6 Å². The van der Waals surface area contributed by atoms with Gasteiger partial charge in [0.1, 0.15) is 12.1 Å². The molecular formula is C30H48N6O6S. The molecule has 0 saturated heterocycles. The van der Waals surface area contributed by atoms with Gasteiger partial charge >= 0.3 is 5.97 Å². The highest BCUT2D eigenvalue weighted by atomic mass is 32.1. The number of nitrogens with two attached hydrogens (primary N) is 1. The van der Waals surface area contributed by atoms with Gasteiger partial charge in [0.25, 0.3) is 0 Å². The lowest BCUT2D eigenvalue weighted by atomic mass is 9.81. The second-order valence-electron chi connectivity index (χ2n) is 11.7. The highest BCUT2D eigenvalue weighted by Crippen LogP contribution is 2.29. The Bertz CT molecular complexity index is 1100. The van der Waals surface area contributed by atoms with Crippen molar-refractivity contribution in [3.05, 3.63) is 48.2 Å². The number of benzene rings is 1. The maximum Gasteiger partial charge on any atom is 0.305 e. The number of hydrogen-bond donors (Lipinski definition) is 8. The van der Waals surface area contributed by atoms with Crippen molar-refractivity contribution in [2.45, 2.75) is 71.5 Å². The summed E-state index contributed by atoms with van der Waals surface area (Å²) in [6, 6.07) is 6.21. The van der Waals surface area contributed by atoms with Crippen molar-refractivity contribution in [2.24, 2.45) is 17.1 Å². The average Bonchev–Trinajstić information content (AvgIpc) is 2.91. The molecule has 0 heterocycles. The third-order valence-electron chi connectivity index (χ3n) is 6.39. The van der Waals surface area contributed by atoms with Crippen LogP contribution in [-0.2, 0) is 30.4 Å². The van der Waals surface area contributed by atoms with E-state index in [-0.39, 0.29) is 30.7 Å². The van der Waals surface area contributed by atoms with Gasteiger partial charge in [0, 0.05) is 37.4 Å². The number of carbonyl (C=O) groups is 5. The van der Waals surface area contributed by atoms with Crippen LogP contribution >= 0.6 is 12.6 Å². The first-order valence-corrected chi connectivity index (χ1v) is 15.0. The maximum absolute atomic E-state index is 13.1. The first kappa shape index (κ1) is 37.4. The molecule has 13 heteroatoms. The lowest BCUT2D eigenvalue weighted by Gasteiger charge is -2.27. The molecule has 3 unspecified atom stereocenters. The Labute approximate surface area is 259 Å². The highest BCUT2D eigenvalue weighted by molar-refractivity contribution is 7.80. The van der Waals surface area contributed by atoms with Crippen LogP contribution in [-0.4, -0.2) is 78.2 Å². The number of aliphatic carboxylic acids is 1. The predicted octanol–water partition coefficient (Wildman–Crippen LogP) is 0.729. The largest absolute Gasteiger partial charge is 0.481 e. The molecule has 12 nitrogen and oxygen atoms in total. The molecule has 0 aliphatic rings.